The van der Waals surface area contributed by atoms with Crippen molar-refractivity contribution in [1.29, 1.82) is 0 Å². The molecule has 1 saturated heterocycles. The molecule has 2 aliphatic rings. The van der Waals surface area contributed by atoms with Gasteiger partial charge in [-0.15, -0.1) is 10.2 Å². The summed E-state index contributed by atoms with van der Waals surface area (Å²) in [4.78, 5) is 11.4. The lowest BCUT2D eigenvalue weighted by Crippen LogP contribution is -2.50. The maximum atomic E-state index is 11.4. The van der Waals surface area contributed by atoms with E-state index in [9.17, 15) is 9.90 Å². The Bertz CT molecular complexity index is 1040. The number of aromatic nitrogens is 4. The molecule has 31 heavy (non-hydrogen) atoms. The quantitative estimate of drug-likeness (QED) is 0.582. The zero-order valence-corrected chi connectivity index (χ0v) is 17.1. The minimum atomic E-state index is -0.767. The van der Waals surface area contributed by atoms with E-state index >= 15 is 0 Å². The lowest BCUT2D eigenvalue weighted by molar-refractivity contribution is -0.141. The summed E-state index contributed by atoms with van der Waals surface area (Å²) in [6.07, 6.45) is 3.52. The minimum absolute atomic E-state index is 0.0328. The van der Waals surface area contributed by atoms with Crippen molar-refractivity contribution in [3.63, 3.8) is 0 Å². The van der Waals surface area contributed by atoms with Crippen LogP contribution in [0.3, 0.4) is 0 Å². The van der Waals surface area contributed by atoms with Gasteiger partial charge in [0.2, 0.25) is 5.82 Å². The van der Waals surface area contributed by atoms with E-state index in [-0.39, 0.29) is 6.10 Å². The first-order valence-corrected chi connectivity index (χ1v) is 10.7. The number of hydrogen-bond acceptors (Lipinski definition) is 6. The van der Waals surface area contributed by atoms with Gasteiger partial charge in [0.1, 0.15) is 11.8 Å². The SMILES string of the molecule is O=C(O)[C@@H]1C[C@H]2C[C@@H](Oc3cc(-c4ccccc4)ccc3-c3nn[nH]n3)CC[C@H]2CN1. The molecule has 4 atom stereocenters. The van der Waals surface area contributed by atoms with E-state index in [0.717, 1.165) is 48.2 Å². The maximum Gasteiger partial charge on any atom is 0.320 e. The molecule has 1 aliphatic heterocycles. The van der Waals surface area contributed by atoms with Gasteiger partial charge in [-0.2, -0.15) is 5.21 Å². The van der Waals surface area contributed by atoms with Crippen LogP contribution in [0.4, 0.5) is 0 Å². The highest BCUT2D eigenvalue weighted by Gasteiger charge is 2.38. The van der Waals surface area contributed by atoms with Gasteiger partial charge in [0, 0.05) is 0 Å². The number of nitrogens with one attached hydrogen (secondary N) is 2. The summed E-state index contributed by atoms with van der Waals surface area (Å²) in [7, 11) is 0. The molecule has 8 nitrogen and oxygen atoms in total. The van der Waals surface area contributed by atoms with Gasteiger partial charge in [0.05, 0.1) is 11.7 Å². The Hall–Kier alpha value is -3.26. The Morgan fingerprint density at radius 3 is 2.68 bits per heavy atom. The Kier molecular flexibility index (Phi) is 5.38. The number of carboxylic acid groups (broad SMARTS) is 1. The van der Waals surface area contributed by atoms with Crippen molar-refractivity contribution in [2.45, 2.75) is 37.8 Å². The third-order valence-electron chi connectivity index (χ3n) is 6.52. The van der Waals surface area contributed by atoms with Gasteiger partial charge in [-0.25, -0.2) is 0 Å². The molecule has 3 N–H and O–H groups in total. The predicted molar refractivity (Wildman–Crippen MR) is 114 cm³/mol. The van der Waals surface area contributed by atoms with E-state index in [2.05, 4.69) is 38.1 Å². The molecule has 5 rings (SSSR count). The fourth-order valence-corrected chi connectivity index (χ4v) is 4.89. The summed E-state index contributed by atoms with van der Waals surface area (Å²) in [6, 6.07) is 15.7. The minimum Gasteiger partial charge on any atom is -0.490 e. The first kappa shape index (κ1) is 19.7. The van der Waals surface area contributed by atoms with E-state index in [1.165, 1.54) is 0 Å². The van der Waals surface area contributed by atoms with Crippen LogP contribution in [-0.2, 0) is 4.79 Å². The molecule has 1 aromatic heterocycles. The molecule has 8 heteroatoms. The van der Waals surface area contributed by atoms with Crippen molar-refractivity contribution >= 4 is 5.97 Å². The van der Waals surface area contributed by atoms with E-state index in [1.807, 2.05) is 36.4 Å². The normalized spacial score (nSPS) is 25.5. The van der Waals surface area contributed by atoms with Crippen molar-refractivity contribution in [2.75, 3.05) is 6.54 Å². The van der Waals surface area contributed by atoms with Crippen LogP contribution in [-0.4, -0.2) is 50.4 Å². The van der Waals surface area contributed by atoms with Crippen LogP contribution in [0, 0.1) is 11.8 Å². The Balaban J connectivity index is 1.40. The largest absolute Gasteiger partial charge is 0.490 e. The van der Waals surface area contributed by atoms with E-state index in [4.69, 9.17) is 4.74 Å². The van der Waals surface area contributed by atoms with Crippen LogP contribution < -0.4 is 10.1 Å². The number of rotatable bonds is 5. The fourth-order valence-electron chi connectivity index (χ4n) is 4.89. The first-order chi connectivity index (χ1) is 15.2. The molecule has 3 aromatic rings. The molecule has 2 aromatic carbocycles. The molecule has 160 valence electrons. The van der Waals surface area contributed by atoms with Crippen molar-refractivity contribution < 1.29 is 14.6 Å². The second-order valence-electron chi connectivity index (χ2n) is 8.42. The highest BCUT2D eigenvalue weighted by Crippen LogP contribution is 2.39. The van der Waals surface area contributed by atoms with Gasteiger partial charge in [0.15, 0.2) is 0 Å². The number of carbonyl (C=O) groups is 1. The third kappa shape index (κ3) is 4.16. The number of aromatic amines is 1. The van der Waals surface area contributed by atoms with E-state index < -0.39 is 12.0 Å². The van der Waals surface area contributed by atoms with Crippen LogP contribution in [0.1, 0.15) is 25.7 Å². The van der Waals surface area contributed by atoms with Gasteiger partial charge >= 0.3 is 5.97 Å². The molecule has 0 radical (unpaired) electrons. The maximum absolute atomic E-state index is 11.4. The number of tetrazole rings is 1. The van der Waals surface area contributed by atoms with E-state index in [0.29, 0.717) is 24.1 Å². The van der Waals surface area contributed by atoms with E-state index in [1.54, 1.807) is 0 Å². The van der Waals surface area contributed by atoms with Crippen molar-refractivity contribution in [2.24, 2.45) is 11.8 Å². The number of carboxylic acids is 1. The average molecular weight is 419 g/mol. The Morgan fingerprint density at radius 1 is 1.03 bits per heavy atom. The summed E-state index contributed by atoms with van der Waals surface area (Å²) in [5, 5.41) is 27.0. The van der Waals surface area contributed by atoms with Gasteiger partial charge in [-0.05, 0) is 72.5 Å². The second-order valence-corrected chi connectivity index (χ2v) is 8.42. The predicted octanol–water partition coefficient (Wildman–Crippen LogP) is 3.14. The number of hydrogen-bond donors (Lipinski definition) is 3. The van der Waals surface area contributed by atoms with Crippen LogP contribution in [0.5, 0.6) is 5.75 Å². The van der Waals surface area contributed by atoms with Crippen molar-refractivity contribution in [3.05, 3.63) is 48.5 Å². The average Bonchev–Trinajstić information content (AvgIpc) is 3.34. The van der Waals surface area contributed by atoms with Gasteiger partial charge in [-0.1, -0.05) is 36.4 Å². The number of nitrogens with zero attached hydrogens (tertiary/aromatic N) is 3. The number of aliphatic carboxylic acids is 1. The number of piperidine rings is 1. The zero-order chi connectivity index (χ0) is 21.2. The zero-order valence-electron chi connectivity index (χ0n) is 17.1. The van der Waals surface area contributed by atoms with Crippen molar-refractivity contribution in [3.8, 4) is 28.3 Å². The van der Waals surface area contributed by atoms with Crippen LogP contribution in [0.2, 0.25) is 0 Å². The molecule has 1 saturated carbocycles. The molecule has 2 fully saturated rings. The Labute approximate surface area is 180 Å². The standard InChI is InChI=1S/C23H25N5O3/c29-23(30)20-11-17-10-18(8-6-16(17)13-24-20)31-21-12-15(14-4-2-1-3-5-14)7-9-19(21)22-25-27-28-26-22/h1-5,7,9,12,16-18,20,24H,6,8,10-11,13H2,(H,29,30)(H,25,26,27,28)/t16-,17+,18-,20-/m0/s1. The number of fused-ring (bicyclic) bond motifs is 1. The fraction of sp³-hybridized carbons (Fsp3) is 0.391. The molecule has 0 spiro atoms. The second kappa shape index (κ2) is 8.47. The van der Waals surface area contributed by atoms with Gasteiger partial charge < -0.3 is 15.2 Å². The van der Waals surface area contributed by atoms with Crippen LogP contribution in [0.25, 0.3) is 22.5 Å². The van der Waals surface area contributed by atoms with Gasteiger partial charge in [0.25, 0.3) is 0 Å². The first-order valence-electron chi connectivity index (χ1n) is 10.7. The molecule has 1 aliphatic carbocycles. The third-order valence-corrected chi connectivity index (χ3v) is 6.52. The number of benzene rings is 2. The lowest BCUT2D eigenvalue weighted by atomic mass is 9.72. The monoisotopic (exact) mass is 419 g/mol. The number of ether oxygens (including phenoxy) is 1. The summed E-state index contributed by atoms with van der Waals surface area (Å²) in [5.41, 5.74) is 2.96. The lowest BCUT2D eigenvalue weighted by Gasteiger charge is -2.41. The summed E-state index contributed by atoms with van der Waals surface area (Å²) in [6.45, 7) is 0.770. The number of H-pyrrole nitrogens is 1. The molecular formula is C23H25N5O3. The Morgan fingerprint density at radius 2 is 1.90 bits per heavy atom. The van der Waals surface area contributed by atoms with Crippen LogP contribution >= 0.6 is 0 Å². The summed E-state index contributed by atoms with van der Waals surface area (Å²) >= 11 is 0. The highest BCUT2D eigenvalue weighted by molar-refractivity contribution is 5.74. The van der Waals surface area contributed by atoms with Gasteiger partial charge in [-0.3, -0.25) is 4.79 Å². The molecule has 0 amide bonds. The molecule has 2 heterocycles. The molecule has 0 bridgehead atoms. The van der Waals surface area contributed by atoms with Crippen LogP contribution in [0.15, 0.2) is 48.5 Å². The smallest absolute Gasteiger partial charge is 0.320 e. The summed E-state index contributed by atoms with van der Waals surface area (Å²) in [5.74, 6) is 1.33. The topological polar surface area (TPSA) is 113 Å². The molecular weight excluding hydrogens is 394 g/mol. The highest BCUT2D eigenvalue weighted by atomic mass is 16.5. The molecule has 0 unspecified atom stereocenters. The summed E-state index contributed by atoms with van der Waals surface area (Å²) < 4.78 is 6.53. The van der Waals surface area contributed by atoms with Crippen molar-refractivity contribution in [1.82, 2.24) is 25.9 Å².